The van der Waals surface area contributed by atoms with Gasteiger partial charge in [-0.15, -0.1) is 0 Å². The minimum absolute atomic E-state index is 0.266. The number of fused-ring (bicyclic) bond motifs is 1. The molecule has 0 atom stereocenters. The summed E-state index contributed by atoms with van der Waals surface area (Å²) in [5, 5.41) is 8.48. The first kappa shape index (κ1) is 23.4. The van der Waals surface area contributed by atoms with Crippen molar-refractivity contribution in [2.24, 2.45) is 0 Å². The summed E-state index contributed by atoms with van der Waals surface area (Å²) >= 11 is 0. The molecule has 0 amide bonds. The van der Waals surface area contributed by atoms with Crippen LogP contribution >= 0.6 is 0 Å². The molecule has 0 aliphatic carbocycles. The van der Waals surface area contributed by atoms with E-state index >= 15 is 0 Å². The molecule has 1 aromatic carbocycles. The Morgan fingerprint density at radius 2 is 1.83 bits per heavy atom. The highest BCUT2D eigenvalue weighted by Crippen LogP contribution is 2.34. The molecular weight excluding hydrogens is 451 g/mol. The molecule has 5 rings (SSSR count). The van der Waals surface area contributed by atoms with Crippen LogP contribution in [0.3, 0.4) is 0 Å². The molecular formula is C29H27FN6. The molecule has 0 aliphatic heterocycles. The van der Waals surface area contributed by atoms with Gasteiger partial charge >= 0.3 is 0 Å². The third-order valence-corrected chi connectivity index (χ3v) is 6.05. The quantitative estimate of drug-likeness (QED) is 0.276. The van der Waals surface area contributed by atoms with Gasteiger partial charge in [0, 0.05) is 52.9 Å². The molecule has 180 valence electrons. The second-order valence-corrected chi connectivity index (χ2v) is 9.06. The van der Waals surface area contributed by atoms with Gasteiger partial charge in [-0.1, -0.05) is 30.9 Å². The molecule has 0 fully saturated rings. The fourth-order valence-electron chi connectivity index (χ4n) is 4.42. The molecule has 0 unspecified atom stereocenters. The van der Waals surface area contributed by atoms with E-state index in [1.807, 2.05) is 45.7 Å². The maximum Gasteiger partial charge on any atom is 0.181 e. The van der Waals surface area contributed by atoms with Crippen molar-refractivity contribution in [1.29, 1.82) is 0 Å². The van der Waals surface area contributed by atoms with Gasteiger partial charge in [-0.25, -0.2) is 9.37 Å². The number of aryl methyl sites for hydroxylation is 1. The summed E-state index contributed by atoms with van der Waals surface area (Å²) in [5.74, 6) is -0.266. The third-order valence-electron chi connectivity index (χ3n) is 6.05. The van der Waals surface area contributed by atoms with E-state index in [1.165, 1.54) is 12.1 Å². The maximum atomic E-state index is 13.5. The lowest BCUT2D eigenvalue weighted by Gasteiger charge is -2.10. The maximum absolute atomic E-state index is 13.5. The van der Waals surface area contributed by atoms with Gasteiger partial charge in [-0.2, -0.15) is 5.10 Å². The lowest BCUT2D eigenvalue weighted by atomic mass is 9.97. The second-order valence-electron chi connectivity index (χ2n) is 9.06. The van der Waals surface area contributed by atoms with Crippen molar-refractivity contribution >= 4 is 16.6 Å². The highest BCUT2D eigenvalue weighted by Gasteiger charge is 2.17. The Bertz CT molecular complexity index is 1570. The number of benzene rings is 1. The molecule has 0 saturated carbocycles. The summed E-state index contributed by atoms with van der Waals surface area (Å²) in [6, 6.07) is 12.8. The van der Waals surface area contributed by atoms with E-state index in [1.54, 1.807) is 18.2 Å². The number of allylic oxidation sites excluding steroid dienone is 2. The minimum Gasteiger partial charge on any atom is -0.357 e. The van der Waals surface area contributed by atoms with E-state index in [2.05, 4.69) is 54.8 Å². The van der Waals surface area contributed by atoms with Crippen LogP contribution in [0, 0.1) is 12.7 Å². The summed E-state index contributed by atoms with van der Waals surface area (Å²) in [6.45, 7) is 6.69. The van der Waals surface area contributed by atoms with Crippen LogP contribution in [0.25, 0.3) is 39.1 Å². The zero-order chi connectivity index (χ0) is 25.2. The van der Waals surface area contributed by atoms with Gasteiger partial charge in [0.2, 0.25) is 0 Å². The van der Waals surface area contributed by atoms with Gasteiger partial charge in [0.15, 0.2) is 5.65 Å². The average Bonchev–Trinajstić information content (AvgIpc) is 3.45. The number of H-pyrrole nitrogens is 2. The lowest BCUT2D eigenvalue weighted by Crippen LogP contribution is -2.10. The van der Waals surface area contributed by atoms with Crippen LogP contribution in [0.15, 0.2) is 79.8 Å². The zero-order valence-electron chi connectivity index (χ0n) is 20.5. The largest absolute Gasteiger partial charge is 0.357 e. The molecule has 0 radical (unpaired) electrons. The second kappa shape index (κ2) is 9.71. The van der Waals surface area contributed by atoms with E-state index in [9.17, 15) is 4.39 Å². The summed E-state index contributed by atoms with van der Waals surface area (Å²) in [7, 11) is 4.08. The number of hydrogen-bond donors (Lipinski definition) is 2. The van der Waals surface area contributed by atoms with Crippen molar-refractivity contribution in [3.63, 3.8) is 0 Å². The predicted octanol–water partition coefficient (Wildman–Crippen LogP) is 6.14. The minimum atomic E-state index is -0.266. The normalized spacial score (nSPS) is 12.0. The Morgan fingerprint density at radius 1 is 1.06 bits per heavy atom. The van der Waals surface area contributed by atoms with Crippen LogP contribution in [0.5, 0.6) is 0 Å². The number of hydrogen-bond acceptors (Lipinski definition) is 4. The van der Waals surface area contributed by atoms with Crippen LogP contribution in [0.2, 0.25) is 0 Å². The smallest absolute Gasteiger partial charge is 0.181 e. The van der Waals surface area contributed by atoms with Gasteiger partial charge in [-0.05, 0) is 68.1 Å². The fourth-order valence-corrected chi connectivity index (χ4v) is 4.42. The van der Waals surface area contributed by atoms with Crippen molar-refractivity contribution in [2.75, 3.05) is 14.1 Å². The van der Waals surface area contributed by atoms with Crippen molar-refractivity contribution in [3.05, 3.63) is 108 Å². The van der Waals surface area contributed by atoms with Crippen molar-refractivity contribution in [1.82, 2.24) is 30.0 Å². The Morgan fingerprint density at radius 3 is 2.58 bits per heavy atom. The first-order valence-electron chi connectivity index (χ1n) is 11.6. The lowest BCUT2D eigenvalue weighted by molar-refractivity contribution is 0.402. The summed E-state index contributed by atoms with van der Waals surface area (Å²) in [5.41, 5.74) is 9.34. The SMILES string of the molecule is C=C/C=C(/c1ccc(F)cc1)c1cc(-c2[nH]nc3ncc(-c4cncc(CN(C)C)c4)cc23)[nH]c1C. The average molecular weight is 479 g/mol. The fraction of sp³-hybridized carbons (Fsp3) is 0.138. The van der Waals surface area contributed by atoms with Gasteiger partial charge < -0.3 is 9.88 Å². The summed E-state index contributed by atoms with van der Waals surface area (Å²) in [4.78, 5) is 14.6. The number of rotatable bonds is 7. The number of pyridine rings is 2. The third kappa shape index (κ3) is 4.61. The van der Waals surface area contributed by atoms with E-state index in [-0.39, 0.29) is 5.82 Å². The van der Waals surface area contributed by atoms with E-state index in [0.29, 0.717) is 5.65 Å². The monoisotopic (exact) mass is 478 g/mol. The van der Waals surface area contributed by atoms with E-state index in [4.69, 9.17) is 0 Å². The molecule has 4 aromatic heterocycles. The Kier molecular flexibility index (Phi) is 6.31. The van der Waals surface area contributed by atoms with Gasteiger partial charge in [0.05, 0.1) is 11.4 Å². The van der Waals surface area contributed by atoms with Gasteiger partial charge in [-0.3, -0.25) is 10.1 Å². The highest BCUT2D eigenvalue weighted by atomic mass is 19.1. The molecule has 5 aromatic rings. The standard InChI is InChI=1S/C29H27FN6/c1-5-6-24(20-7-9-23(30)10-8-20)25-13-27(33-18(25)2)28-26-12-22(16-32-29(26)35-34-28)21-11-19(14-31-15-21)17-36(3)4/h5-16,33H,1,17H2,2-4H3,(H,32,34,35)/b24-6-. The number of halogens is 1. The highest BCUT2D eigenvalue weighted by molar-refractivity contribution is 5.94. The number of nitrogens with zero attached hydrogens (tertiary/aromatic N) is 4. The zero-order valence-corrected chi connectivity index (χ0v) is 20.5. The predicted molar refractivity (Wildman–Crippen MR) is 143 cm³/mol. The molecule has 36 heavy (non-hydrogen) atoms. The Hall–Kier alpha value is -4.36. The Labute approximate surface area is 209 Å². The van der Waals surface area contributed by atoms with Crippen LogP contribution in [0.1, 0.15) is 22.4 Å². The molecule has 4 heterocycles. The molecule has 0 aliphatic rings. The number of aromatic nitrogens is 5. The molecule has 2 N–H and O–H groups in total. The molecule has 6 nitrogen and oxygen atoms in total. The van der Waals surface area contributed by atoms with Crippen molar-refractivity contribution in [3.8, 4) is 22.5 Å². The van der Waals surface area contributed by atoms with Gasteiger partial charge in [0.1, 0.15) is 5.82 Å². The molecule has 0 spiro atoms. The Balaban J connectivity index is 1.56. The number of aromatic amines is 2. The molecule has 0 bridgehead atoms. The molecule has 7 heteroatoms. The van der Waals surface area contributed by atoms with Crippen molar-refractivity contribution in [2.45, 2.75) is 13.5 Å². The first-order chi connectivity index (χ1) is 17.4. The van der Waals surface area contributed by atoms with Gasteiger partial charge in [0.25, 0.3) is 0 Å². The van der Waals surface area contributed by atoms with Crippen LogP contribution in [-0.4, -0.2) is 44.1 Å². The summed E-state index contributed by atoms with van der Waals surface area (Å²) < 4.78 is 13.5. The van der Waals surface area contributed by atoms with Crippen LogP contribution in [0.4, 0.5) is 4.39 Å². The van der Waals surface area contributed by atoms with Crippen LogP contribution < -0.4 is 0 Å². The number of nitrogens with one attached hydrogen (secondary N) is 2. The molecule has 0 saturated heterocycles. The van der Waals surface area contributed by atoms with E-state index in [0.717, 1.165) is 62.4 Å². The topological polar surface area (TPSA) is 73.5 Å². The summed E-state index contributed by atoms with van der Waals surface area (Å²) in [6.07, 6.45) is 9.25. The van der Waals surface area contributed by atoms with E-state index < -0.39 is 0 Å². The van der Waals surface area contributed by atoms with Crippen molar-refractivity contribution < 1.29 is 4.39 Å². The van der Waals surface area contributed by atoms with Crippen LogP contribution in [-0.2, 0) is 6.54 Å². The first-order valence-corrected chi connectivity index (χ1v) is 11.6.